The molecule has 0 bridgehead atoms. The Morgan fingerprint density at radius 3 is 2.00 bits per heavy atom. The fourth-order valence-corrected chi connectivity index (χ4v) is 2.94. The third-order valence-corrected chi connectivity index (χ3v) is 4.32. The molecule has 0 aliphatic carbocycles. The molecule has 0 saturated carbocycles. The van der Waals surface area contributed by atoms with Crippen molar-refractivity contribution in [3.05, 3.63) is 0 Å². The van der Waals surface area contributed by atoms with Gasteiger partial charge in [0, 0.05) is 39.3 Å². The second kappa shape index (κ2) is 9.72. The molecule has 1 heterocycles. The minimum Gasteiger partial charge on any atom is -0.330 e. The molecule has 1 unspecified atom stereocenters. The van der Waals surface area contributed by atoms with E-state index in [-0.39, 0.29) is 0 Å². The Hall–Kier alpha value is -0.160. The monoisotopic (exact) mass is 284 g/mol. The van der Waals surface area contributed by atoms with Crippen LogP contribution in [0.15, 0.2) is 0 Å². The highest BCUT2D eigenvalue weighted by Crippen LogP contribution is 2.15. The molecular weight excluding hydrogens is 248 g/mol. The Morgan fingerprint density at radius 1 is 1.00 bits per heavy atom. The Kier molecular flexibility index (Phi) is 8.69. The highest BCUT2D eigenvalue weighted by atomic mass is 15.3. The van der Waals surface area contributed by atoms with Gasteiger partial charge < -0.3 is 15.5 Å². The maximum atomic E-state index is 5.90. The summed E-state index contributed by atoms with van der Waals surface area (Å²) >= 11 is 0. The van der Waals surface area contributed by atoms with Crippen molar-refractivity contribution in [3.63, 3.8) is 0 Å². The number of likely N-dealkylation sites (N-methyl/N-ethyl adjacent to an activating group) is 1. The van der Waals surface area contributed by atoms with Crippen LogP contribution >= 0.6 is 0 Å². The van der Waals surface area contributed by atoms with Gasteiger partial charge in [0.15, 0.2) is 0 Å². The van der Waals surface area contributed by atoms with Gasteiger partial charge in [-0.15, -0.1) is 0 Å². The first-order chi connectivity index (χ1) is 9.51. The number of hydrogen-bond donors (Lipinski definition) is 1. The molecule has 120 valence electrons. The molecule has 0 aromatic rings. The molecule has 0 amide bonds. The van der Waals surface area contributed by atoms with Crippen molar-refractivity contribution in [2.45, 2.75) is 26.7 Å². The molecule has 1 rings (SSSR count). The van der Waals surface area contributed by atoms with Crippen molar-refractivity contribution in [2.24, 2.45) is 17.6 Å². The van der Waals surface area contributed by atoms with E-state index in [1.807, 2.05) is 0 Å². The van der Waals surface area contributed by atoms with Crippen LogP contribution in [-0.2, 0) is 0 Å². The summed E-state index contributed by atoms with van der Waals surface area (Å²) in [6.07, 6.45) is 2.55. The van der Waals surface area contributed by atoms with Gasteiger partial charge in [0.05, 0.1) is 0 Å². The van der Waals surface area contributed by atoms with Gasteiger partial charge in [0.1, 0.15) is 0 Å². The number of nitrogens with zero attached hydrogens (tertiary/aromatic N) is 3. The first-order valence-corrected chi connectivity index (χ1v) is 8.30. The summed E-state index contributed by atoms with van der Waals surface area (Å²) in [6, 6.07) is 0. The van der Waals surface area contributed by atoms with Crippen molar-refractivity contribution >= 4 is 0 Å². The highest BCUT2D eigenvalue weighted by molar-refractivity contribution is 4.74. The molecule has 1 saturated heterocycles. The fraction of sp³-hybridized carbons (Fsp3) is 1.00. The topological polar surface area (TPSA) is 35.7 Å². The van der Waals surface area contributed by atoms with Gasteiger partial charge in [0.25, 0.3) is 0 Å². The Bertz CT molecular complexity index is 235. The molecule has 0 spiro atoms. The number of piperazine rings is 1. The van der Waals surface area contributed by atoms with Gasteiger partial charge in [-0.25, -0.2) is 0 Å². The molecule has 1 atom stereocenters. The van der Waals surface area contributed by atoms with Crippen molar-refractivity contribution in [2.75, 3.05) is 66.5 Å². The zero-order chi connectivity index (χ0) is 15.0. The standard InChI is InChI=1S/C16H36N4/c1-15(2)13-16(14-17)5-6-19-9-11-20(12-10-19)8-7-18(3)4/h15-16H,5-14,17H2,1-4H3. The maximum absolute atomic E-state index is 5.90. The van der Waals surface area contributed by atoms with Crippen LogP contribution < -0.4 is 5.73 Å². The second-order valence-electron chi connectivity index (χ2n) is 7.01. The molecule has 0 aromatic heterocycles. The lowest BCUT2D eigenvalue weighted by Gasteiger charge is -2.35. The summed E-state index contributed by atoms with van der Waals surface area (Å²) in [6.45, 7) is 14.0. The summed E-state index contributed by atoms with van der Waals surface area (Å²) in [7, 11) is 4.30. The van der Waals surface area contributed by atoms with E-state index in [9.17, 15) is 0 Å². The first-order valence-electron chi connectivity index (χ1n) is 8.30. The highest BCUT2D eigenvalue weighted by Gasteiger charge is 2.18. The number of nitrogens with two attached hydrogens (primary N) is 1. The lowest BCUT2D eigenvalue weighted by Crippen LogP contribution is -2.48. The molecule has 2 N–H and O–H groups in total. The second-order valence-corrected chi connectivity index (χ2v) is 7.01. The van der Waals surface area contributed by atoms with Crippen LogP contribution in [0.5, 0.6) is 0 Å². The summed E-state index contributed by atoms with van der Waals surface area (Å²) in [5, 5.41) is 0. The summed E-state index contributed by atoms with van der Waals surface area (Å²) in [4.78, 5) is 7.48. The minimum absolute atomic E-state index is 0.710. The van der Waals surface area contributed by atoms with Gasteiger partial charge in [-0.2, -0.15) is 0 Å². The quantitative estimate of drug-likeness (QED) is 0.690. The van der Waals surface area contributed by atoms with Crippen LogP contribution in [0.1, 0.15) is 26.7 Å². The van der Waals surface area contributed by atoms with Gasteiger partial charge in [-0.05, 0) is 51.9 Å². The molecule has 4 heteroatoms. The van der Waals surface area contributed by atoms with E-state index in [1.54, 1.807) is 0 Å². The normalized spacial score (nSPS) is 19.9. The van der Waals surface area contributed by atoms with Crippen LogP contribution in [0.25, 0.3) is 0 Å². The van der Waals surface area contributed by atoms with E-state index < -0.39 is 0 Å². The Balaban J connectivity index is 2.15. The van der Waals surface area contributed by atoms with E-state index in [0.717, 1.165) is 12.5 Å². The third-order valence-electron chi connectivity index (χ3n) is 4.32. The van der Waals surface area contributed by atoms with Crippen LogP contribution in [-0.4, -0.2) is 81.2 Å². The minimum atomic E-state index is 0.710. The number of hydrogen-bond acceptors (Lipinski definition) is 4. The zero-order valence-corrected chi connectivity index (χ0v) is 14.1. The van der Waals surface area contributed by atoms with Gasteiger partial charge >= 0.3 is 0 Å². The molecule has 1 aliphatic heterocycles. The van der Waals surface area contributed by atoms with Crippen molar-refractivity contribution in [1.29, 1.82) is 0 Å². The lowest BCUT2D eigenvalue weighted by molar-refractivity contribution is 0.119. The van der Waals surface area contributed by atoms with Gasteiger partial charge in [-0.1, -0.05) is 13.8 Å². The van der Waals surface area contributed by atoms with Crippen molar-refractivity contribution < 1.29 is 0 Å². The average Bonchev–Trinajstić information content (AvgIpc) is 2.41. The fourth-order valence-electron chi connectivity index (χ4n) is 2.94. The molecule has 1 fully saturated rings. The summed E-state index contributed by atoms with van der Waals surface area (Å²) in [5.74, 6) is 1.48. The summed E-state index contributed by atoms with van der Waals surface area (Å²) < 4.78 is 0. The number of rotatable bonds is 9. The van der Waals surface area contributed by atoms with Gasteiger partial charge in [-0.3, -0.25) is 4.90 Å². The van der Waals surface area contributed by atoms with Crippen molar-refractivity contribution in [3.8, 4) is 0 Å². The molecule has 20 heavy (non-hydrogen) atoms. The van der Waals surface area contributed by atoms with Gasteiger partial charge in [0.2, 0.25) is 0 Å². The van der Waals surface area contributed by atoms with E-state index in [1.165, 1.54) is 58.7 Å². The van der Waals surface area contributed by atoms with Crippen LogP contribution in [0.4, 0.5) is 0 Å². The van der Waals surface area contributed by atoms with Crippen LogP contribution in [0, 0.1) is 11.8 Å². The predicted molar refractivity (Wildman–Crippen MR) is 88.1 cm³/mol. The molecule has 0 aromatic carbocycles. The largest absolute Gasteiger partial charge is 0.330 e. The maximum Gasteiger partial charge on any atom is 0.0110 e. The SMILES string of the molecule is CC(C)CC(CN)CCN1CCN(CCN(C)C)CC1. The van der Waals surface area contributed by atoms with E-state index in [0.29, 0.717) is 5.92 Å². The molecular formula is C16H36N4. The third kappa shape index (κ3) is 7.58. The molecule has 1 aliphatic rings. The molecule has 4 nitrogen and oxygen atoms in total. The lowest BCUT2D eigenvalue weighted by atomic mass is 9.94. The van der Waals surface area contributed by atoms with Crippen LogP contribution in [0.2, 0.25) is 0 Å². The first kappa shape index (κ1) is 17.9. The summed E-state index contributed by atoms with van der Waals surface area (Å²) in [5.41, 5.74) is 5.90. The van der Waals surface area contributed by atoms with Crippen LogP contribution in [0.3, 0.4) is 0 Å². The van der Waals surface area contributed by atoms with E-state index in [2.05, 4.69) is 42.6 Å². The van der Waals surface area contributed by atoms with Crippen molar-refractivity contribution in [1.82, 2.24) is 14.7 Å². The predicted octanol–water partition coefficient (Wildman–Crippen LogP) is 1.18. The average molecular weight is 284 g/mol. The molecule has 0 radical (unpaired) electrons. The Morgan fingerprint density at radius 2 is 1.55 bits per heavy atom. The van der Waals surface area contributed by atoms with E-state index in [4.69, 9.17) is 5.73 Å². The Labute approximate surface area is 126 Å². The van der Waals surface area contributed by atoms with E-state index >= 15 is 0 Å². The smallest absolute Gasteiger partial charge is 0.0110 e. The zero-order valence-electron chi connectivity index (χ0n) is 14.1.